The van der Waals surface area contributed by atoms with Crippen LogP contribution in [0.2, 0.25) is 5.02 Å². The van der Waals surface area contributed by atoms with E-state index >= 15 is 0 Å². The molecule has 6 heteroatoms. The zero-order valence-electron chi connectivity index (χ0n) is 26.4. The molecule has 0 heterocycles. The molecule has 4 aromatic carbocycles. The maximum atomic E-state index is 13.6. The van der Waals surface area contributed by atoms with Gasteiger partial charge in [0.2, 0.25) is 0 Å². The molecule has 0 aromatic heterocycles. The predicted molar refractivity (Wildman–Crippen MR) is 184 cm³/mol. The molecule has 0 aliphatic heterocycles. The van der Waals surface area contributed by atoms with Gasteiger partial charge >= 0.3 is 5.97 Å². The van der Waals surface area contributed by atoms with Crippen molar-refractivity contribution >= 4 is 29.2 Å². The van der Waals surface area contributed by atoms with Crippen LogP contribution in [0.1, 0.15) is 104 Å². The smallest absolute Gasteiger partial charge is 0.305 e. The van der Waals surface area contributed by atoms with Crippen molar-refractivity contribution in [3.63, 3.8) is 0 Å². The molecule has 3 N–H and O–H groups in total. The number of hydrogen-bond donors (Lipinski definition) is 3. The second kappa shape index (κ2) is 14.3. The molecule has 5 rings (SSSR count). The first-order valence-electron chi connectivity index (χ1n) is 15.9. The second-order valence-electron chi connectivity index (χ2n) is 13.2. The Labute approximate surface area is 272 Å². The first-order chi connectivity index (χ1) is 21.6. The van der Waals surface area contributed by atoms with Crippen molar-refractivity contribution in [2.45, 2.75) is 83.2 Å². The van der Waals surface area contributed by atoms with Crippen LogP contribution in [0, 0.1) is 0 Å². The van der Waals surface area contributed by atoms with Gasteiger partial charge in [-0.1, -0.05) is 124 Å². The fourth-order valence-electron chi connectivity index (χ4n) is 6.13. The summed E-state index contributed by atoms with van der Waals surface area (Å²) in [6, 6.07) is 29.4. The Hall–Kier alpha value is -4.09. The van der Waals surface area contributed by atoms with Gasteiger partial charge in [0.1, 0.15) is 0 Å². The summed E-state index contributed by atoms with van der Waals surface area (Å²) in [7, 11) is 0. The Balaban J connectivity index is 1.29. The van der Waals surface area contributed by atoms with Crippen molar-refractivity contribution in [2.75, 3.05) is 5.32 Å². The third kappa shape index (κ3) is 8.55. The molecule has 1 aliphatic rings. The van der Waals surface area contributed by atoms with E-state index in [9.17, 15) is 14.7 Å². The average Bonchev–Trinajstić information content (AvgIpc) is 3.04. The lowest BCUT2D eigenvalue weighted by atomic mass is 9.83. The Kier molecular flexibility index (Phi) is 10.3. The van der Waals surface area contributed by atoms with E-state index in [0.717, 1.165) is 22.3 Å². The van der Waals surface area contributed by atoms with Crippen LogP contribution in [0.5, 0.6) is 0 Å². The summed E-state index contributed by atoms with van der Waals surface area (Å²) in [6.07, 6.45) is 6.25. The topological polar surface area (TPSA) is 78.4 Å². The molecule has 1 fully saturated rings. The molecule has 1 unspecified atom stereocenters. The average molecular weight is 623 g/mol. The van der Waals surface area contributed by atoms with Gasteiger partial charge in [0, 0.05) is 17.3 Å². The van der Waals surface area contributed by atoms with Crippen LogP contribution in [0.3, 0.4) is 0 Å². The van der Waals surface area contributed by atoms with Crippen LogP contribution in [-0.4, -0.2) is 17.0 Å². The Morgan fingerprint density at radius 3 is 2.07 bits per heavy atom. The van der Waals surface area contributed by atoms with Gasteiger partial charge in [-0.05, 0) is 75.8 Å². The van der Waals surface area contributed by atoms with Crippen LogP contribution in [0.25, 0.3) is 11.1 Å². The molecule has 45 heavy (non-hydrogen) atoms. The fourth-order valence-corrected chi connectivity index (χ4v) is 6.30. The van der Waals surface area contributed by atoms with Gasteiger partial charge in [0.25, 0.3) is 5.91 Å². The third-order valence-corrected chi connectivity index (χ3v) is 9.08. The van der Waals surface area contributed by atoms with Gasteiger partial charge < -0.3 is 15.7 Å². The summed E-state index contributed by atoms with van der Waals surface area (Å²) >= 11 is 6.30. The van der Waals surface area contributed by atoms with Crippen molar-refractivity contribution < 1.29 is 14.7 Å². The van der Waals surface area contributed by atoms with Crippen molar-refractivity contribution in [1.82, 2.24) is 5.32 Å². The van der Waals surface area contributed by atoms with Crippen LogP contribution >= 0.6 is 11.6 Å². The Morgan fingerprint density at radius 1 is 0.844 bits per heavy atom. The number of aliphatic carboxylic acids is 1. The number of hydrogen-bond acceptors (Lipinski definition) is 3. The molecule has 234 valence electrons. The lowest BCUT2D eigenvalue weighted by molar-refractivity contribution is -0.137. The largest absolute Gasteiger partial charge is 0.481 e. The number of halogens is 1. The van der Waals surface area contributed by atoms with Gasteiger partial charge in [-0.3, -0.25) is 9.59 Å². The minimum Gasteiger partial charge on any atom is -0.481 e. The van der Waals surface area contributed by atoms with E-state index in [1.54, 1.807) is 18.2 Å². The highest BCUT2D eigenvalue weighted by Gasteiger charge is 2.22. The number of carbonyl (C=O) groups excluding carboxylic acids is 1. The quantitative estimate of drug-likeness (QED) is 0.164. The highest BCUT2D eigenvalue weighted by molar-refractivity contribution is 6.31. The maximum absolute atomic E-state index is 13.6. The summed E-state index contributed by atoms with van der Waals surface area (Å²) < 4.78 is 0. The highest BCUT2D eigenvalue weighted by atomic mass is 35.5. The summed E-state index contributed by atoms with van der Waals surface area (Å²) in [5, 5.41) is 16.4. The minimum atomic E-state index is -0.995. The molecule has 1 saturated carbocycles. The van der Waals surface area contributed by atoms with Crippen molar-refractivity contribution in [3.05, 3.63) is 124 Å². The fraction of sp³-hybridized carbons (Fsp3) is 0.333. The van der Waals surface area contributed by atoms with Crippen LogP contribution in [0.15, 0.2) is 91.0 Å². The minimum absolute atomic E-state index is 0.0694. The molecule has 0 saturated heterocycles. The standard InChI is InChI=1S/C39H43ClN2O3/c1-39(2,3)32-19-9-26(10-20-32)25-41-35-22-21-33(40)23-34(35)38(45)42-36(24-37(43)44)31-17-15-30(16-18-31)29-13-11-28(12-14-29)27-7-5-4-6-8-27/h9-23,27,36,41H,4-8,24-25H2,1-3H3,(H,42,45)(H,43,44). The molecule has 1 aliphatic carbocycles. The van der Waals surface area contributed by atoms with Crippen LogP contribution in [-0.2, 0) is 16.8 Å². The van der Waals surface area contributed by atoms with Gasteiger partial charge in [-0.25, -0.2) is 0 Å². The molecular weight excluding hydrogens is 580 g/mol. The first kappa shape index (κ1) is 32.3. The molecule has 0 spiro atoms. The van der Waals surface area contributed by atoms with Gasteiger partial charge in [0.05, 0.1) is 18.0 Å². The number of benzene rings is 4. The molecule has 1 atom stereocenters. The lowest BCUT2D eigenvalue weighted by Gasteiger charge is -2.22. The Bertz CT molecular complexity index is 1600. The van der Waals surface area contributed by atoms with E-state index < -0.39 is 17.9 Å². The van der Waals surface area contributed by atoms with Gasteiger partial charge in [-0.2, -0.15) is 0 Å². The lowest BCUT2D eigenvalue weighted by Crippen LogP contribution is -2.30. The number of anilines is 1. The number of carboxylic acid groups (broad SMARTS) is 1. The first-order valence-corrected chi connectivity index (χ1v) is 16.3. The highest BCUT2D eigenvalue weighted by Crippen LogP contribution is 2.34. The summed E-state index contributed by atoms with van der Waals surface area (Å²) in [6.45, 7) is 7.07. The number of carbonyl (C=O) groups is 2. The van der Waals surface area contributed by atoms with Crippen molar-refractivity contribution in [2.24, 2.45) is 0 Å². The third-order valence-electron chi connectivity index (χ3n) is 8.85. The molecular formula is C39H43ClN2O3. The normalized spacial score (nSPS) is 14.5. The van der Waals surface area contributed by atoms with Gasteiger partial charge in [-0.15, -0.1) is 0 Å². The molecule has 1 amide bonds. The zero-order valence-corrected chi connectivity index (χ0v) is 27.2. The molecule has 0 radical (unpaired) electrons. The van der Waals surface area contributed by atoms with Crippen molar-refractivity contribution in [1.29, 1.82) is 0 Å². The van der Waals surface area contributed by atoms with Gasteiger partial charge in [0.15, 0.2) is 0 Å². The number of nitrogens with one attached hydrogen (secondary N) is 2. The van der Waals surface area contributed by atoms with E-state index in [0.29, 0.717) is 28.7 Å². The van der Waals surface area contributed by atoms with E-state index in [2.05, 4.69) is 79.9 Å². The maximum Gasteiger partial charge on any atom is 0.305 e. The number of amides is 1. The van der Waals surface area contributed by atoms with E-state index in [-0.39, 0.29) is 11.8 Å². The summed E-state index contributed by atoms with van der Waals surface area (Å²) in [5.74, 6) is -0.728. The SMILES string of the molecule is CC(C)(C)c1ccc(CNc2ccc(Cl)cc2C(=O)NC(CC(=O)O)c2ccc(-c3ccc(C4CCCCC4)cc3)cc2)cc1. The Morgan fingerprint density at radius 2 is 1.47 bits per heavy atom. The monoisotopic (exact) mass is 622 g/mol. The molecule has 5 nitrogen and oxygen atoms in total. The summed E-state index contributed by atoms with van der Waals surface area (Å²) in [4.78, 5) is 25.4. The molecule has 4 aromatic rings. The number of carboxylic acids is 1. The second-order valence-corrected chi connectivity index (χ2v) is 13.6. The summed E-state index contributed by atoms with van der Waals surface area (Å²) in [5.41, 5.74) is 7.68. The zero-order chi connectivity index (χ0) is 32.0. The predicted octanol–water partition coefficient (Wildman–Crippen LogP) is 9.91. The van der Waals surface area contributed by atoms with E-state index in [1.165, 1.54) is 43.2 Å². The van der Waals surface area contributed by atoms with Crippen LogP contribution in [0.4, 0.5) is 5.69 Å². The molecule has 0 bridgehead atoms. The van der Waals surface area contributed by atoms with E-state index in [4.69, 9.17) is 11.6 Å². The van der Waals surface area contributed by atoms with E-state index in [1.807, 2.05) is 24.3 Å². The van der Waals surface area contributed by atoms with Crippen LogP contribution < -0.4 is 10.6 Å². The van der Waals surface area contributed by atoms with Crippen molar-refractivity contribution in [3.8, 4) is 11.1 Å². The number of rotatable bonds is 10.